The maximum Gasteiger partial charge on any atom is 0.307 e. The van der Waals surface area contributed by atoms with E-state index in [0.29, 0.717) is 0 Å². The molecule has 0 fully saturated rings. The highest BCUT2D eigenvalue weighted by atomic mass is 16.4. The fourth-order valence-electron chi connectivity index (χ4n) is 2.22. The van der Waals surface area contributed by atoms with Gasteiger partial charge < -0.3 is 5.11 Å². The number of hydrogen-bond donors (Lipinski definition) is 1. The van der Waals surface area contributed by atoms with Crippen LogP contribution in [-0.4, -0.2) is 11.1 Å². The Bertz CT molecular complexity index is 627. The second kappa shape index (κ2) is 6.20. The van der Waals surface area contributed by atoms with Crippen LogP contribution in [0.3, 0.4) is 0 Å². The lowest BCUT2D eigenvalue weighted by Crippen LogP contribution is -2.02. The first-order chi connectivity index (χ1) is 9.60. The summed E-state index contributed by atoms with van der Waals surface area (Å²) in [5.74, 6) is -0.811. The second-order valence-corrected chi connectivity index (χ2v) is 4.81. The van der Waals surface area contributed by atoms with Gasteiger partial charge in [0.2, 0.25) is 0 Å². The van der Waals surface area contributed by atoms with Crippen molar-refractivity contribution in [3.63, 3.8) is 0 Å². The summed E-state index contributed by atoms with van der Waals surface area (Å²) in [6, 6.07) is 15.9. The van der Waals surface area contributed by atoms with Crippen molar-refractivity contribution < 1.29 is 9.90 Å². The molecule has 0 saturated heterocycles. The van der Waals surface area contributed by atoms with E-state index < -0.39 is 5.97 Å². The van der Waals surface area contributed by atoms with Gasteiger partial charge in [-0.2, -0.15) is 0 Å². The first kappa shape index (κ1) is 14.1. The van der Waals surface area contributed by atoms with Crippen LogP contribution >= 0.6 is 0 Å². The van der Waals surface area contributed by atoms with Gasteiger partial charge in [-0.1, -0.05) is 62.0 Å². The predicted molar refractivity (Wildman–Crippen MR) is 81.7 cm³/mol. The Balaban J connectivity index is 2.40. The molecule has 0 spiro atoms. The molecule has 0 aliphatic carbocycles. The maximum absolute atomic E-state index is 10.9. The average molecular weight is 266 g/mol. The average Bonchev–Trinajstić information content (AvgIpc) is 2.46. The van der Waals surface area contributed by atoms with Gasteiger partial charge in [0.05, 0.1) is 6.42 Å². The third-order valence-corrected chi connectivity index (χ3v) is 3.29. The predicted octanol–water partition coefficient (Wildman–Crippen LogP) is 3.94. The van der Waals surface area contributed by atoms with E-state index in [1.165, 1.54) is 0 Å². The van der Waals surface area contributed by atoms with Gasteiger partial charge in [0, 0.05) is 0 Å². The molecule has 0 atom stereocenters. The monoisotopic (exact) mass is 266 g/mol. The van der Waals surface area contributed by atoms with Crippen molar-refractivity contribution in [1.29, 1.82) is 0 Å². The van der Waals surface area contributed by atoms with E-state index in [-0.39, 0.29) is 6.42 Å². The highest BCUT2D eigenvalue weighted by Crippen LogP contribution is 2.24. The summed E-state index contributed by atoms with van der Waals surface area (Å²) in [6.45, 7) is 6.21. The first-order valence-electron chi connectivity index (χ1n) is 6.69. The lowest BCUT2D eigenvalue weighted by molar-refractivity contribution is -0.136. The Morgan fingerprint density at radius 1 is 1.05 bits per heavy atom. The number of carboxylic acids is 1. The highest BCUT2D eigenvalue weighted by Gasteiger charge is 2.08. The van der Waals surface area contributed by atoms with Crippen LogP contribution in [0, 0.1) is 0 Å². The van der Waals surface area contributed by atoms with Crippen LogP contribution < -0.4 is 0 Å². The number of hydrogen-bond acceptors (Lipinski definition) is 1. The van der Waals surface area contributed by atoms with Gasteiger partial charge in [0.25, 0.3) is 0 Å². The zero-order chi connectivity index (χ0) is 14.5. The SMILES string of the molecule is C=C(c1ccccc1)c1cc(CC)cc(CC(=O)O)c1. The van der Waals surface area contributed by atoms with Crippen molar-refractivity contribution in [3.05, 3.63) is 77.4 Å². The molecule has 2 aromatic rings. The molecule has 0 aliphatic rings. The summed E-state index contributed by atoms with van der Waals surface area (Å²) in [7, 11) is 0. The number of aliphatic carboxylic acids is 1. The van der Waals surface area contributed by atoms with E-state index in [2.05, 4.69) is 19.6 Å². The van der Waals surface area contributed by atoms with Crippen LogP contribution in [0.15, 0.2) is 55.1 Å². The summed E-state index contributed by atoms with van der Waals surface area (Å²) >= 11 is 0. The minimum Gasteiger partial charge on any atom is -0.481 e. The van der Waals surface area contributed by atoms with Gasteiger partial charge in [0.15, 0.2) is 0 Å². The van der Waals surface area contributed by atoms with Gasteiger partial charge in [-0.15, -0.1) is 0 Å². The van der Waals surface area contributed by atoms with Crippen molar-refractivity contribution >= 4 is 11.5 Å². The zero-order valence-electron chi connectivity index (χ0n) is 11.6. The normalized spacial score (nSPS) is 10.2. The Morgan fingerprint density at radius 2 is 1.70 bits per heavy atom. The van der Waals surface area contributed by atoms with Gasteiger partial charge in [-0.05, 0) is 34.2 Å². The number of aryl methyl sites for hydroxylation is 1. The largest absolute Gasteiger partial charge is 0.481 e. The zero-order valence-corrected chi connectivity index (χ0v) is 11.6. The lowest BCUT2D eigenvalue weighted by atomic mass is 9.94. The Morgan fingerprint density at radius 3 is 2.30 bits per heavy atom. The molecule has 2 aromatic carbocycles. The molecule has 20 heavy (non-hydrogen) atoms. The fourth-order valence-corrected chi connectivity index (χ4v) is 2.22. The molecule has 0 heterocycles. The van der Waals surface area contributed by atoms with E-state index in [4.69, 9.17) is 5.11 Å². The third kappa shape index (κ3) is 3.35. The molecule has 0 aromatic heterocycles. The summed E-state index contributed by atoms with van der Waals surface area (Å²) in [6.07, 6.45) is 0.922. The standard InChI is InChI=1S/C18H18O2/c1-3-14-9-15(12-18(19)20)11-17(10-14)13(2)16-7-5-4-6-8-16/h4-11H,2-3,12H2,1H3,(H,19,20). The summed E-state index contributed by atoms with van der Waals surface area (Å²) < 4.78 is 0. The summed E-state index contributed by atoms with van der Waals surface area (Å²) in [5, 5.41) is 8.95. The lowest BCUT2D eigenvalue weighted by Gasteiger charge is -2.10. The van der Waals surface area contributed by atoms with E-state index in [9.17, 15) is 4.79 Å². The van der Waals surface area contributed by atoms with Gasteiger partial charge in [-0.3, -0.25) is 4.79 Å². The first-order valence-corrected chi connectivity index (χ1v) is 6.69. The minimum absolute atomic E-state index is 0.0446. The molecule has 2 rings (SSSR count). The van der Waals surface area contributed by atoms with Crippen molar-refractivity contribution in [1.82, 2.24) is 0 Å². The van der Waals surface area contributed by atoms with Crippen LogP contribution in [0.25, 0.3) is 5.57 Å². The molecule has 0 aliphatic heterocycles. The van der Waals surface area contributed by atoms with Crippen LogP contribution in [0.2, 0.25) is 0 Å². The van der Waals surface area contributed by atoms with Crippen LogP contribution in [-0.2, 0) is 17.6 Å². The topological polar surface area (TPSA) is 37.3 Å². The van der Waals surface area contributed by atoms with Gasteiger partial charge in [0.1, 0.15) is 0 Å². The summed E-state index contributed by atoms with van der Waals surface area (Å²) in [4.78, 5) is 10.9. The molecule has 0 unspecified atom stereocenters. The van der Waals surface area contributed by atoms with Crippen LogP contribution in [0.4, 0.5) is 0 Å². The Hall–Kier alpha value is -2.35. The molecule has 2 nitrogen and oxygen atoms in total. The van der Waals surface area contributed by atoms with E-state index in [1.54, 1.807) is 0 Å². The smallest absolute Gasteiger partial charge is 0.307 e. The van der Waals surface area contributed by atoms with E-state index in [1.807, 2.05) is 42.5 Å². The Kier molecular flexibility index (Phi) is 4.36. The molecule has 0 radical (unpaired) electrons. The van der Waals surface area contributed by atoms with E-state index in [0.717, 1.165) is 34.2 Å². The van der Waals surface area contributed by atoms with Gasteiger partial charge in [-0.25, -0.2) is 0 Å². The van der Waals surface area contributed by atoms with Crippen LogP contribution in [0.5, 0.6) is 0 Å². The number of carbonyl (C=O) groups is 1. The third-order valence-electron chi connectivity index (χ3n) is 3.29. The van der Waals surface area contributed by atoms with Crippen molar-refractivity contribution in [3.8, 4) is 0 Å². The molecule has 1 N–H and O–H groups in total. The number of benzene rings is 2. The molecule has 0 bridgehead atoms. The molecular formula is C18H18O2. The fraction of sp³-hybridized carbons (Fsp3) is 0.167. The second-order valence-electron chi connectivity index (χ2n) is 4.81. The molecule has 102 valence electrons. The molecule has 0 amide bonds. The quantitative estimate of drug-likeness (QED) is 0.890. The molecular weight excluding hydrogens is 248 g/mol. The Labute approximate surface area is 119 Å². The van der Waals surface area contributed by atoms with Crippen molar-refractivity contribution in [2.24, 2.45) is 0 Å². The summed E-state index contributed by atoms with van der Waals surface area (Å²) in [5.41, 5.74) is 4.93. The van der Waals surface area contributed by atoms with Gasteiger partial charge >= 0.3 is 5.97 Å². The van der Waals surface area contributed by atoms with Crippen molar-refractivity contribution in [2.45, 2.75) is 19.8 Å². The number of rotatable bonds is 5. The van der Waals surface area contributed by atoms with Crippen molar-refractivity contribution in [2.75, 3.05) is 0 Å². The maximum atomic E-state index is 10.9. The van der Waals surface area contributed by atoms with E-state index >= 15 is 0 Å². The number of carboxylic acid groups (broad SMARTS) is 1. The molecule has 0 saturated carbocycles. The van der Waals surface area contributed by atoms with Crippen LogP contribution in [0.1, 0.15) is 29.2 Å². The molecule has 2 heteroatoms. The minimum atomic E-state index is -0.811. The highest BCUT2D eigenvalue weighted by molar-refractivity contribution is 5.79.